The van der Waals surface area contributed by atoms with E-state index in [9.17, 15) is 4.79 Å². The van der Waals surface area contributed by atoms with E-state index in [0.29, 0.717) is 30.5 Å². The zero-order valence-corrected chi connectivity index (χ0v) is 15.6. The number of benzene rings is 2. The lowest BCUT2D eigenvalue weighted by atomic mass is 10.2. The summed E-state index contributed by atoms with van der Waals surface area (Å²) in [5.74, 6) is 0.672. The SMILES string of the molecule is O=C(c1ccccc1)N1CCN(Cc2coc(-c3cccc(Cl)c3)n2)CC1. The number of nitrogens with zero attached hydrogens (tertiary/aromatic N) is 3. The maximum atomic E-state index is 12.5. The highest BCUT2D eigenvalue weighted by Gasteiger charge is 2.22. The van der Waals surface area contributed by atoms with E-state index >= 15 is 0 Å². The molecule has 3 aromatic rings. The van der Waals surface area contributed by atoms with Crippen LogP contribution in [0.4, 0.5) is 0 Å². The Morgan fingerprint density at radius 1 is 1.04 bits per heavy atom. The summed E-state index contributed by atoms with van der Waals surface area (Å²) in [7, 11) is 0. The third kappa shape index (κ3) is 4.21. The molecule has 1 amide bonds. The van der Waals surface area contributed by atoms with Crippen molar-refractivity contribution in [3.63, 3.8) is 0 Å². The van der Waals surface area contributed by atoms with Crippen LogP contribution in [0.5, 0.6) is 0 Å². The minimum absolute atomic E-state index is 0.0972. The fourth-order valence-corrected chi connectivity index (χ4v) is 3.43. The molecule has 1 fully saturated rings. The molecule has 1 aliphatic heterocycles. The van der Waals surface area contributed by atoms with Gasteiger partial charge in [-0.2, -0.15) is 0 Å². The van der Waals surface area contributed by atoms with Crippen LogP contribution in [0.15, 0.2) is 65.3 Å². The molecule has 27 heavy (non-hydrogen) atoms. The second kappa shape index (κ2) is 7.94. The first-order valence-corrected chi connectivity index (χ1v) is 9.34. The van der Waals surface area contributed by atoms with Crippen molar-refractivity contribution in [2.45, 2.75) is 6.54 Å². The van der Waals surface area contributed by atoms with Gasteiger partial charge in [0.25, 0.3) is 5.91 Å². The highest BCUT2D eigenvalue weighted by atomic mass is 35.5. The third-order valence-corrected chi connectivity index (χ3v) is 4.92. The van der Waals surface area contributed by atoms with Gasteiger partial charge in [0.1, 0.15) is 6.26 Å². The molecule has 0 unspecified atom stereocenters. The minimum Gasteiger partial charge on any atom is -0.444 e. The maximum absolute atomic E-state index is 12.5. The summed E-state index contributed by atoms with van der Waals surface area (Å²) in [6.45, 7) is 3.77. The molecule has 0 spiro atoms. The lowest BCUT2D eigenvalue weighted by molar-refractivity contribution is 0.0627. The van der Waals surface area contributed by atoms with Crippen LogP contribution in [0.3, 0.4) is 0 Å². The molecule has 0 N–H and O–H groups in total. The number of aromatic nitrogens is 1. The third-order valence-electron chi connectivity index (χ3n) is 4.69. The van der Waals surface area contributed by atoms with Crippen LogP contribution in [0.25, 0.3) is 11.5 Å². The van der Waals surface area contributed by atoms with E-state index in [-0.39, 0.29) is 5.91 Å². The second-order valence-corrected chi connectivity index (χ2v) is 7.03. The van der Waals surface area contributed by atoms with Crippen LogP contribution < -0.4 is 0 Å². The van der Waals surface area contributed by atoms with Gasteiger partial charge in [0.2, 0.25) is 5.89 Å². The summed E-state index contributed by atoms with van der Waals surface area (Å²) >= 11 is 6.03. The number of hydrogen-bond acceptors (Lipinski definition) is 4. The molecule has 2 aromatic carbocycles. The molecule has 1 aliphatic rings. The Morgan fingerprint density at radius 2 is 1.81 bits per heavy atom. The first-order chi connectivity index (χ1) is 13.2. The van der Waals surface area contributed by atoms with Crippen molar-refractivity contribution in [2.24, 2.45) is 0 Å². The van der Waals surface area contributed by atoms with Crippen molar-refractivity contribution < 1.29 is 9.21 Å². The number of oxazole rings is 1. The zero-order chi connectivity index (χ0) is 18.6. The normalized spacial score (nSPS) is 15.1. The molecular weight excluding hydrogens is 362 g/mol. The summed E-state index contributed by atoms with van der Waals surface area (Å²) in [5.41, 5.74) is 2.49. The number of carbonyl (C=O) groups excluding carboxylic acids is 1. The summed E-state index contributed by atoms with van der Waals surface area (Å²) in [6, 6.07) is 16.9. The predicted molar refractivity (Wildman–Crippen MR) is 105 cm³/mol. The first kappa shape index (κ1) is 17.8. The Labute approximate surface area is 163 Å². The van der Waals surface area contributed by atoms with E-state index in [1.807, 2.05) is 59.5 Å². The van der Waals surface area contributed by atoms with E-state index < -0.39 is 0 Å². The Balaban J connectivity index is 1.34. The van der Waals surface area contributed by atoms with Gasteiger partial charge < -0.3 is 9.32 Å². The van der Waals surface area contributed by atoms with Crippen molar-refractivity contribution in [2.75, 3.05) is 26.2 Å². The Kier molecular flexibility index (Phi) is 5.23. The molecule has 4 rings (SSSR count). The summed E-state index contributed by atoms with van der Waals surface area (Å²) < 4.78 is 5.60. The standard InChI is InChI=1S/C21H20ClN3O2/c22-18-8-4-7-17(13-18)20-23-19(15-27-20)14-24-9-11-25(12-10-24)21(26)16-5-2-1-3-6-16/h1-8,13,15H,9-12,14H2. The van der Waals surface area contributed by atoms with E-state index in [1.54, 1.807) is 6.26 Å². The van der Waals surface area contributed by atoms with E-state index in [0.717, 1.165) is 29.9 Å². The van der Waals surface area contributed by atoms with Crippen LogP contribution in [0.2, 0.25) is 5.02 Å². The molecule has 0 aliphatic carbocycles. The van der Waals surface area contributed by atoms with E-state index in [1.165, 1.54) is 0 Å². The van der Waals surface area contributed by atoms with E-state index in [4.69, 9.17) is 16.0 Å². The van der Waals surface area contributed by atoms with Gasteiger partial charge in [0.05, 0.1) is 5.69 Å². The predicted octanol–water partition coefficient (Wildman–Crippen LogP) is 3.95. The lowest BCUT2D eigenvalue weighted by Gasteiger charge is -2.34. The highest BCUT2D eigenvalue weighted by molar-refractivity contribution is 6.30. The van der Waals surface area contributed by atoms with Crippen LogP contribution >= 0.6 is 11.6 Å². The number of piperazine rings is 1. The molecular formula is C21H20ClN3O2. The van der Waals surface area contributed by atoms with Gasteiger partial charge in [-0.1, -0.05) is 35.9 Å². The van der Waals surface area contributed by atoms with Gasteiger partial charge in [-0.25, -0.2) is 4.98 Å². The number of hydrogen-bond donors (Lipinski definition) is 0. The fraction of sp³-hybridized carbons (Fsp3) is 0.238. The second-order valence-electron chi connectivity index (χ2n) is 6.59. The Morgan fingerprint density at radius 3 is 2.56 bits per heavy atom. The highest BCUT2D eigenvalue weighted by Crippen LogP contribution is 2.22. The number of rotatable bonds is 4. The molecule has 0 atom stereocenters. The van der Waals surface area contributed by atoms with Crippen LogP contribution in [0, 0.1) is 0 Å². The van der Waals surface area contributed by atoms with Gasteiger partial charge in [-0.05, 0) is 30.3 Å². The van der Waals surface area contributed by atoms with E-state index in [2.05, 4.69) is 9.88 Å². The number of carbonyl (C=O) groups is 1. The van der Waals surface area contributed by atoms with Crippen molar-refractivity contribution in [3.8, 4) is 11.5 Å². The average molecular weight is 382 g/mol. The quantitative estimate of drug-likeness (QED) is 0.686. The van der Waals surface area contributed by atoms with Gasteiger partial charge in [-0.3, -0.25) is 9.69 Å². The monoisotopic (exact) mass is 381 g/mol. The van der Waals surface area contributed by atoms with Crippen molar-refractivity contribution >= 4 is 17.5 Å². The van der Waals surface area contributed by atoms with Gasteiger partial charge >= 0.3 is 0 Å². The van der Waals surface area contributed by atoms with Crippen LogP contribution in [0.1, 0.15) is 16.1 Å². The largest absolute Gasteiger partial charge is 0.444 e. The van der Waals surface area contributed by atoms with Crippen LogP contribution in [-0.4, -0.2) is 46.9 Å². The number of amides is 1. The fourth-order valence-electron chi connectivity index (χ4n) is 3.24. The topological polar surface area (TPSA) is 49.6 Å². The molecule has 0 radical (unpaired) electrons. The first-order valence-electron chi connectivity index (χ1n) is 8.96. The molecule has 0 saturated carbocycles. The molecule has 5 nitrogen and oxygen atoms in total. The average Bonchev–Trinajstić information content (AvgIpc) is 3.17. The molecule has 1 aromatic heterocycles. The summed E-state index contributed by atoms with van der Waals surface area (Å²) in [6.07, 6.45) is 1.69. The molecule has 2 heterocycles. The van der Waals surface area contributed by atoms with Gasteiger partial charge in [0, 0.05) is 48.9 Å². The van der Waals surface area contributed by atoms with Crippen molar-refractivity contribution in [1.29, 1.82) is 0 Å². The molecule has 0 bridgehead atoms. The van der Waals surface area contributed by atoms with Gasteiger partial charge in [-0.15, -0.1) is 0 Å². The summed E-state index contributed by atoms with van der Waals surface area (Å²) in [5, 5.41) is 0.659. The Bertz CT molecular complexity index is 918. The Hall–Kier alpha value is -2.63. The zero-order valence-electron chi connectivity index (χ0n) is 14.8. The van der Waals surface area contributed by atoms with Crippen LogP contribution in [-0.2, 0) is 6.54 Å². The lowest BCUT2D eigenvalue weighted by Crippen LogP contribution is -2.48. The molecule has 1 saturated heterocycles. The minimum atomic E-state index is 0.0972. The molecule has 138 valence electrons. The van der Waals surface area contributed by atoms with Crippen molar-refractivity contribution in [3.05, 3.63) is 77.1 Å². The maximum Gasteiger partial charge on any atom is 0.253 e. The number of halogens is 1. The van der Waals surface area contributed by atoms with Crippen molar-refractivity contribution in [1.82, 2.24) is 14.8 Å². The van der Waals surface area contributed by atoms with Gasteiger partial charge in [0.15, 0.2) is 0 Å². The smallest absolute Gasteiger partial charge is 0.253 e. The molecule has 6 heteroatoms. The summed E-state index contributed by atoms with van der Waals surface area (Å²) in [4.78, 5) is 21.3.